The summed E-state index contributed by atoms with van der Waals surface area (Å²) in [6, 6.07) is 0. The van der Waals surface area contributed by atoms with E-state index in [-0.39, 0.29) is 11.5 Å². The zero-order chi connectivity index (χ0) is 15.3. The van der Waals surface area contributed by atoms with Crippen molar-refractivity contribution in [1.82, 2.24) is 0 Å². The van der Waals surface area contributed by atoms with Gasteiger partial charge in [-0.2, -0.15) is 0 Å². The van der Waals surface area contributed by atoms with Crippen molar-refractivity contribution in [3.8, 4) is 0 Å². The molecule has 3 aliphatic carbocycles. The van der Waals surface area contributed by atoms with E-state index < -0.39 is 0 Å². The second-order valence-corrected chi connectivity index (χ2v) is 8.53. The van der Waals surface area contributed by atoms with E-state index in [0.717, 1.165) is 32.1 Å². The monoisotopic (exact) mass is 292 g/mol. The Hall–Kier alpha value is -0.370. The van der Waals surface area contributed by atoms with Crippen molar-refractivity contribution in [2.24, 2.45) is 28.6 Å². The Morgan fingerprint density at radius 2 is 1.90 bits per heavy atom. The van der Waals surface area contributed by atoms with Crippen LogP contribution < -0.4 is 0 Å². The van der Waals surface area contributed by atoms with E-state index in [0.29, 0.717) is 29.0 Å². The molecule has 0 unspecified atom stereocenters. The Bertz CT molecular complexity index is 418. The molecule has 2 nitrogen and oxygen atoms in total. The number of carbonyl (C=O) groups is 1. The van der Waals surface area contributed by atoms with Crippen LogP contribution in [0.25, 0.3) is 0 Å². The molecule has 0 bridgehead atoms. The molecule has 0 aromatic heterocycles. The summed E-state index contributed by atoms with van der Waals surface area (Å²) in [6.45, 7) is 6.90. The van der Waals surface area contributed by atoms with Gasteiger partial charge < -0.3 is 5.11 Å². The van der Waals surface area contributed by atoms with Crippen LogP contribution in [-0.4, -0.2) is 17.0 Å². The first-order valence-corrected chi connectivity index (χ1v) is 9.13. The molecule has 1 N–H and O–H groups in total. The maximum absolute atomic E-state index is 12.2. The van der Waals surface area contributed by atoms with Crippen molar-refractivity contribution in [2.75, 3.05) is 0 Å². The molecule has 0 spiro atoms. The van der Waals surface area contributed by atoms with Crippen LogP contribution in [0.1, 0.15) is 78.6 Å². The first-order chi connectivity index (χ1) is 9.91. The van der Waals surface area contributed by atoms with Crippen LogP contribution in [0.4, 0.5) is 0 Å². The summed E-state index contributed by atoms with van der Waals surface area (Å²) >= 11 is 0. The number of hydrogen-bond donors (Lipinski definition) is 1. The van der Waals surface area contributed by atoms with E-state index in [1.807, 2.05) is 0 Å². The topological polar surface area (TPSA) is 37.3 Å². The van der Waals surface area contributed by atoms with Crippen molar-refractivity contribution in [1.29, 1.82) is 0 Å². The maximum Gasteiger partial charge on any atom is 0.139 e. The Balaban J connectivity index is 1.80. The highest BCUT2D eigenvalue weighted by Crippen LogP contribution is 2.59. The number of aliphatic hydroxyl groups excluding tert-OH is 1. The van der Waals surface area contributed by atoms with Crippen LogP contribution in [-0.2, 0) is 4.79 Å². The van der Waals surface area contributed by atoms with E-state index in [4.69, 9.17) is 0 Å². The van der Waals surface area contributed by atoms with Gasteiger partial charge in [0, 0.05) is 11.8 Å². The summed E-state index contributed by atoms with van der Waals surface area (Å²) in [5.74, 6) is 2.29. The Morgan fingerprint density at radius 3 is 2.62 bits per heavy atom. The van der Waals surface area contributed by atoms with E-state index in [2.05, 4.69) is 20.8 Å². The van der Waals surface area contributed by atoms with E-state index in [1.165, 1.54) is 25.7 Å². The molecule has 0 aromatic rings. The van der Waals surface area contributed by atoms with Crippen LogP contribution in [0.3, 0.4) is 0 Å². The van der Waals surface area contributed by atoms with Crippen molar-refractivity contribution < 1.29 is 9.90 Å². The minimum Gasteiger partial charge on any atom is -0.393 e. The number of aliphatic hydroxyl groups is 1. The van der Waals surface area contributed by atoms with Crippen molar-refractivity contribution >= 4 is 5.78 Å². The predicted octanol–water partition coefficient (Wildman–Crippen LogP) is 4.35. The van der Waals surface area contributed by atoms with Crippen molar-refractivity contribution in [2.45, 2.75) is 84.7 Å². The summed E-state index contributed by atoms with van der Waals surface area (Å²) in [7, 11) is 0. The van der Waals surface area contributed by atoms with Crippen molar-refractivity contribution in [3.63, 3.8) is 0 Å². The molecule has 120 valence electrons. The summed E-state index contributed by atoms with van der Waals surface area (Å²) in [6.07, 6.45) is 9.84. The zero-order valence-corrected chi connectivity index (χ0v) is 14.0. The molecule has 6 atom stereocenters. The van der Waals surface area contributed by atoms with E-state index >= 15 is 0 Å². The fourth-order valence-electron chi connectivity index (χ4n) is 6.16. The summed E-state index contributed by atoms with van der Waals surface area (Å²) < 4.78 is 0. The minimum atomic E-state index is -0.104. The molecule has 0 saturated heterocycles. The highest BCUT2D eigenvalue weighted by molar-refractivity contribution is 5.87. The molecule has 0 heterocycles. The number of carbonyl (C=O) groups excluding carboxylic acids is 1. The lowest BCUT2D eigenvalue weighted by atomic mass is 9.52. The molecule has 0 radical (unpaired) electrons. The quantitative estimate of drug-likeness (QED) is 0.821. The van der Waals surface area contributed by atoms with Crippen LogP contribution in [0.5, 0.6) is 0 Å². The predicted molar refractivity (Wildman–Crippen MR) is 84.9 cm³/mol. The number of hydrogen-bond acceptors (Lipinski definition) is 2. The highest BCUT2D eigenvalue weighted by atomic mass is 16.3. The van der Waals surface area contributed by atoms with Gasteiger partial charge in [0.25, 0.3) is 0 Å². The smallest absolute Gasteiger partial charge is 0.139 e. The second-order valence-electron chi connectivity index (χ2n) is 8.53. The highest BCUT2D eigenvalue weighted by Gasteiger charge is 2.54. The number of ketones is 1. The zero-order valence-electron chi connectivity index (χ0n) is 14.0. The molecular weight excluding hydrogens is 260 g/mol. The molecule has 0 aromatic carbocycles. The third-order valence-electron chi connectivity index (χ3n) is 7.74. The van der Waals surface area contributed by atoms with Gasteiger partial charge in [-0.05, 0) is 61.7 Å². The minimum absolute atomic E-state index is 0.0120. The SMILES string of the molecule is CC[C@H]1[C@H](O)CCC[C@]1(C)[C@H]1CC[C@]2(C)C(=O)CC[C@H]2C1. The number of fused-ring (bicyclic) bond motifs is 1. The standard InChI is InChI=1S/C19H32O2/c1-4-15-16(20)6-5-10-18(15,2)14-9-11-19(3)13(12-14)7-8-17(19)21/h13-16,20H,4-12H2,1-3H3/t13-,14-,15-,16+,18+,19-/m0/s1. The van der Waals surface area contributed by atoms with Gasteiger partial charge >= 0.3 is 0 Å². The molecule has 3 rings (SSSR count). The molecule has 2 heteroatoms. The second kappa shape index (κ2) is 5.37. The molecule has 3 aliphatic rings. The maximum atomic E-state index is 12.2. The lowest BCUT2D eigenvalue weighted by molar-refractivity contribution is -0.131. The lowest BCUT2D eigenvalue weighted by Crippen LogP contribution is -2.48. The van der Waals surface area contributed by atoms with Crippen LogP contribution in [0.2, 0.25) is 0 Å². The van der Waals surface area contributed by atoms with Gasteiger partial charge in [-0.1, -0.05) is 33.6 Å². The molecule has 21 heavy (non-hydrogen) atoms. The van der Waals surface area contributed by atoms with Crippen LogP contribution in [0, 0.1) is 28.6 Å². The Morgan fingerprint density at radius 1 is 1.14 bits per heavy atom. The molecule has 0 amide bonds. The fourth-order valence-corrected chi connectivity index (χ4v) is 6.16. The van der Waals surface area contributed by atoms with E-state index in [1.54, 1.807) is 0 Å². The van der Waals surface area contributed by atoms with E-state index in [9.17, 15) is 9.90 Å². The van der Waals surface area contributed by atoms with Gasteiger partial charge in [-0.25, -0.2) is 0 Å². The molecule has 0 aliphatic heterocycles. The van der Waals surface area contributed by atoms with Crippen LogP contribution in [0.15, 0.2) is 0 Å². The van der Waals surface area contributed by atoms with Crippen molar-refractivity contribution in [3.05, 3.63) is 0 Å². The summed E-state index contributed by atoms with van der Waals surface area (Å²) in [5, 5.41) is 10.5. The Kier molecular flexibility index (Phi) is 3.97. The van der Waals surface area contributed by atoms with Gasteiger partial charge in [0.05, 0.1) is 6.10 Å². The molecular formula is C19H32O2. The number of Topliss-reactive ketones (excluding diaryl/α,β-unsaturated/α-hetero) is 1. The normalized spacial score (nSPS) is 51.0. The Labute approximate surface area is 129 Å². The van der Waals surface area contributed by atoms with Gasteiger partial charge in [-0.15, -0.1) is 0 Å². The molecule has 3 saturated carbocycles. The van der Waals surface area contributed by atoms with Crippen LogP contribution >= 0.6 is 0 Å². The third kappa shape index (κ3) is 2.29. The average Bonchev–Trinajstić information content (AvgIpc) is 2.74. The van der Waals surface area contributed by atoms with Gasteiger partial charge in [0.15, 0.2) is 0 Å². The lowest BCUT2D eigenvalue weighted by Gasteiger charge is -2.53. The van der Waals surface area contributed by atoms with Gasteiger partial charge in [-0.3, -0.25) is 4.79 Å². The fraction of sp³-hybridized carbons (Fsp3) is 0.947. The molecule has 3 fully saturated rings. The van der Waals surface area contributed by atoms with Gasteiger partial charge in [0.1, 0.15) is 5.78 Å². The largest absolute Gasteiger partial charge is 0.393 e. The summed E-state index contributed by atoms with van der Waals surface area (Å²) in [5.41, 5.74) is 0.279. The third-order valence-corrected chi connectivity index (χ3v) is 7.74. The first kappa shape index (κ1) is 15.5. The van der Waals surface area contributed by atoms with Gasteiger partial charge in [0.2, 0.25) is 0 Å². The number of rotatable bonds is 2. The first-order valence-electron chi connectivity index (χ1n) is 9.13. The summed E-state index contributed by atoms with van der Waals surface area (Å²) in [4.78, 5) is 12.2. The average molecular weight is 292 g/mol.